The molecule has 0 aliphatic carbocycles. The number of benzene rings is 1. The molecule has 0 fully saturated rings. The van der Waals surface area contributed by atoms with Gasteiger partial charge in [0, 0.05) is 13.5 Å². The van der Waals surface area contributed by atoms with Crippen LogP contribution in [-0.2, 0) is 16.1 Å². The number of likely N-dealkylation sites (N-methyl/N-ethyl adjacent to an activating group) is 1. The molecule has 2 aromatic rings. The van der Waals surface area contributed by atoms with Gasteiger partial charge in [0.1, 0.15) is 5.76 Å². The topological polar surface area (TPSA) is 67.0 Å². The molecule has 3 rings (SSSR count). The lowest BCUT2D eigenvalue weighted by molar-refractivity contribution is -0.887. The van der Waals surface area contributed by atoms with E-state index in [1.165, 1.54) is 20.9 Å². The number of furan rings is 1. The van der Waals surface area contributed by atoms with Crippen LogP contribution < -0.4 is 10.2 Å². The second-order valence-electron chi connectivity index (χ2n) is 6.83. The summed E-state index contributed by atoms with van der Waals surface area (Å²) < 4.78 is 5.17. The van der Waals surface area contributed by atoms with Gasteiger partial charge in [-0.05, 0) is 29.3 Å². The smallest absolute Gasteiger partial charge is 0.277 e. The van der Waals surface area contributed by atoms with E-state index < -0.39 is 0 Å². The molecule has 0 saturated heterocycles. The standard InChI is InChI=1S/C21H25N3O3/c1-23(15-20(25)22-14-19-8-5-13-27-19)21(26)16-24-11-9-18(10-12-24)17-6-3-2-4-7-17/h2-9,13H,10-12,14-16H2,1H3,(H,22,25)/p+1. The first-order valence-electron chi connectivity index (χ1n) is 9.23. The molecule has 0 bridgehead atoms. The van der Waals surface area contributed by atoms with Gasteiger partial charge in [-0.25, -0.2) is 0 Å². The summed E-state index contributed by atoms with van der Waals surface area (Å²) in [6, 6.07) is 13.9. The SMILES string of the molecule is CN(CC(=O)NCc1ccco1)C(=O)C[NH+]1CC=C(c2ccccc2)CC1. The van der Waals surface area contributed by atoms with Crippen molar-refractivity contribution in [1.29, 1.82) is 0 Å². The van der Waals surface area contributed by atoms with E-state index in [-0.39, 0.29) is 18.4 Å². The van der Waals surface area contributed by atoms with Crippen molar-refractivity contribution in [3.8, 4) is 0 Å². The molecule has 6 heteroatoms. The Hall–Kier alpha value is -2.86. The van der Waals surface area contributed by atoms with E-state index in [1.54, 1.807) is 25.4 Å². The fraction of sp³-hybridized carbons (Fsp3) is 0.333. The summed E-state index contributed by atoms with van der Waals surface area (Å²) in [4.78, 5) is 27.1. The maximum atomic E-state index is 12.4. The molecule has 0 radical (unpaired) electrons. The largest absolute Gasteiger partial charge is 0.467 e. The number of hydrogen-bond donors (Lipinski definition) is 2. The second kappa shape index (κ2) is 9.19. The summed E-state index contributed by atoms with van der Waals surface area (Å²) in [5.74, 6) is 0.480. The van der Waals surface area contributed by atoms with E-state index in [2.05, 4.69) is 23.5 Å². The first kappa shape index (κ1) is 18.9. The molecule has 27 heavy (non-hydrogen) atoms. The highest BCUT2D eigenvalue weighted by atomic mass is 16.3. The highest BCUT2D eigenvalue weighted by molar-refractivity contribution is 5.85. The Bertz CT molecular complexity index is 784. The van der Waals surface area contributed by atoms with Crippen molar-refractivity contribution in [3.63, 3.8) is 0 Å². The molecule has 142 valence electrons. The highest BCUT2D eigenvalue weighted by Crippen LogP contribution is 2.17. The Labute approximate surface area is 159 Å². The van der Waals surface area contributed by atoms with E-state index >= 15 is 0 Å². The highest BCUT2D eigenvalue weighted by Gasteiger charge is 2.22. The predicted molar refractivity (Wildman–Crippen MR) is 103 cm³/mol. The molecular weight excluding hydrogens is 342 g/mol. The molecule has 1 aliphatic rings. The van der Waals surface area contributed by atoms with E-state index in [4.69, 9.17) is 4.42 Å². The van der Waals surface area contributed by atoms with E-state index in [0.29, 0.717) is 18.8 Å². The van der Waals surface area contributed by atoms with Crippen molar-refractivity contribution in [3.05, 3.63) is 66.1 Å². The van der Waals surface area contributed by atoms with Crippen molar-refractivity contribution in [1.82, 2.24) is 10.2 Å². The van der Waals surface area contributed by atoms with Gasteiger partial charge in [-0.15, -0.1) is 0 Å². The molecule has 2 N–H and O–H groups in total. The first-order chi connectivity index (χ1) is 13.1. The van der Waals surface area contributed by atoms with Crippen LogP contribution in [0.5, 0.6) is 0 Å². The summed E-state index contributed by atoms with van der Waals surface area (Å²) >= 11 is 0. The minimum absolute atomic E-state index is 0.0188. The summed E-state index contributed by atoms with van der Waals surface area (Å²) in [6.45, 7) is 2.54. The van der Waals surface area contributed by atoms with Gasteiger partial charge in [-0.2, -0.15) is 0 Å². The predicted octanol–water partition coefficient (Wildman–Crippen LogP) is 0.726. The van der Waals surface area contributed by atoms with Gasteiger partial charge < -0.3 is 19.5 Å². The minimum Gasteiger partial charge on any atom is -0.467 e. The number of hydrogen-bond acceptors (Lipinski definition) is 3. The molecule has 1 aromatic carbocycles. The van der Waals surface area contributed by atoms with Gasteiger partial charge in [0.15, 0.2) is 6.54 Å². The molecular formula is C21H26N3O3+. The zero-order chi connectivity index (χ0) is 19.1. The van der Waals surface area contributed by atoms with Gasteiger partial charge in [0.2, 0.25) is 5.91 Å². The maximum Gasteiger partial charge on any atom is 0.277 e. The van der Waals surface area contributed by atoms with Crippen molar-refractivity contribution in [2.75, 3.05) is 33.2 Å². The summed E-state index contributed by atoms with van der Waals surface area (Å²) in [7, 11) is 1.67. The molecule has 0 saturated carbocycles. The quantitative estimate of drug-likeness (QED) is 0.757. The van der Waals surface area contributed by atoms with Crippen LogP contribution in [-0.4, -0.2) is 49.9 Å². The minimum atomic E-state index is -0.192. The van der Waals surface area contributed by atoms with Crippen LogP contribution in [0, 0.1) is 0 Å². The normalized spacial score (nSPS) is 16.5. The summed E-state index contributed by atoms with van der Waals surface area (Å²) in [5, 5.41) is 2.76. The summed E-state index contributed by atoms with van der Waals surface area (Å²) in [6.07, 6.45) is 4.74. The third-order valence-corrected chi connectivity index (χ3v) is 4.78. The molecule has 1 atom stereocenters. The van der Waals surface area contributed by atoms with Crippen molar-refractivity contribution in [2.24, 2.45) is 0 Å². The van der Waals surface area contributed by atoms with E-state index in [9.17, 15) is 9.59 Å². The average molecular weight is 368 g/mol. The van der Waals surface area contributed by atoms with Crippen LogP contribution in [0.4, 0.5) is 0 Å². The lowest BCUT2D eigenvalue weighted by atomic mass is 10.00. The summed E-state index contributed by atoms with van der Waals surface area (Å²) in [5.41, 5.74) is 2.60. The maximum absolute atomic E-state index is 12.4. The number of rotatable bonds is 7. The monoisotopic (exact) mass is 368 g/mol. The van der Waals surface area contributed by atoms with Gasteiger partial charge in [0.25, 0.3) is 5.91 Å². The van der Waals surface area contributed by atoms with Gasteiger partial charge in [-0.1, -0.05) is 30.3 Å². The van der Waals surface area contributed by atoms with Crippen molar-refractivity contribution >= 4 is 17.4 Å². The van der Waals surface area contributed by atoms with Crippen LogP contribution in [0.1, 0.15) is 17.7 Å². The average Bonchev–Trinajstić information content (AvgIpc) is 3.21. The number of nitrogens with one attached hydrogen (secondary N) is 2. The molecule has 2 heterocycles. The Kier molecular flexibility index (Phi) is 6.44. The zero-order valence-corrected chi connectivity index (χ0v) is 15.6. The fourth-order valence-electron chi connectivity index (χ4n) is 3.17. The Balaban J connectivity index is 1.42. The zero-order valence-electron chi connectivity index (χ0n) is 15.6. The second-order valence-corrected chi connectivity index (χ2v) is 6.83. The number of carbonyl (C=O) groups excluding carboxylic acids is 2. The van der Waals surface area contributed by atoms with Crippen molar-refractivity contribution in [2.45, 2.75) is 13.0 Å². The van der Waals surface area contributed by atoms with Crippen LogP contribution in [0.15, 0.2) is 59.2 Å². The third-order valence-electron chi connectivity index (χ3n) is 4.78. The fourth-order valence-corrected chi connectivity index (χ4v) is 3.17. The van der Waals surface area contributed by atoms with Crippen LogP contribution in [0.25, 0.3) is 5.57 Å². The van der Waals surface area contributed by atoms with Crippen LogP contribution in [0.2, 0.25) is 0 Å². The van der Waals surface area contributed by atoms with Gasteiger partial charge >= 0.3 is 0 Å². The number of amides is 2. The third kappa shape index (κ3) is 5.56. The molecule has 1 aliphatic heterocycles. The Morgan fingerprint density at radius 2 is 2.00 bits per heavy atom. The lowest BCUT2D eigenvalue weighted by Crippen LogP contribution is -3.13. The van der Waals surface area contributed by atoms with Gasteiger partial charge in [0.05, 0.1) is 32.4 Å². The molecule has 6 nitrogen and oxygen atoms in total. The molecule has 2 amide bonds. The first-order valence-corrected chi connectivity index (χ1v) is 9.23. The lowest BCUT2D eigenvalue weighted by Gasteiger charge is -2.25. The number of nitrogens with zero attached hydrogens (tertiary/aromatic N) is 1. The molecule has 1 unspecified atom stereocenters. The Morgan fingerprint density at radius 1 is 1.19 bits per heavy atom. The van der Waals surface area contributed by atoms with Crippen LogP contribution in [0.3, 0.4) is 0 Å². The number of quaternary nitrogens is 1. The van der Waals surface area contributed by atoms with Gasteiger partial charge in [-0.3, -0.25) is 9.59 Å². The molecule has 1 aromatic heterocycles. The van der Waals surface area contributed by atoms with Crippen molar-refractivity contribution < 1.29 is 18.9 Å². The molecule has 0 spiro atoms. The Morgan fingerprint density at radius 3 is 2.67 bits per heavy atom. The van der Waals surface area contributed by atoms with Crippen LogP contribution >= 0.6 is 0 Å². The van der Waals surface area contributed by atoms with E-state index in [0.717, 1.165) is 19.5 Å². The number of carbonyl (C=O) groups is 2. The van der Waals surface area contributed by atoms with E-state index in [1.807, 2.05) is 18.2 Å².